The summed E-state index contributed by atoms with van der Waals surface area (Å²) in [4.78, 5) is 8.11. The molecule has 0 aliphatic rings. The van der Waals surface area contributed by atoms with Crippen LogP contribution in [0.3, 0.4) is 0 Å². The lowest BCUT2D eigenvalue weighted by molar-refractivity contribution is 1.13. The van der Waals surface area contributed by atoms with E-state index >= 15 is 0 Å². The van der Waals surface area contributed by atoms with E-state index in [0.717, 1.165) is 16.8 Å². The van der Waals surface area contributed by atoms with E-state index in [0.29, 0.717) is 10.2 Å². The molecular weight excluding hydrogens is 231 g/mol. The van der Waals surface area contributed by atoms with Gasteiger partial charge in [-0.3, -0.25) is 0 Å². The highest BCUT2D eigenvalue weighted by Gasteiger charge is 2.06. The molecule has 1 heterocycles. The van der Waals surface area contributed by atoms with E-state index in [1.54, 1.807) is 0 Å². The van der Waals surface area contributed by atoms with Crippen molar-refractivity contribution in [2.24, 2.45) is 0 Å². The van der Waals surface area contributed by atoms with Crippen LogP contribution >= 0.6 is 23.2 Å². The number of halogens is 2. The summed E-state index contributed by atoms with van der Waals surface area (Å²) in [5.74, 6) is 0. The zero-order valence-corrected chi connectivity index (χ0v) is 9.55. The van der Waals surface area contributed by atoms with Crippen molar-refractivity contribution in [2.75, 3.05) is 0 Å². The summed E-state index contributed by atoms with van der Waals surface area (Å²) in [7, 11) is 0. The average Bonchev–Trinajstić information content (AvgIpc) is 2.24. The molecule has 0 amide bonds. The Bertz CT molecular complexity index is 480. The van der Waals surface area contributed by atoms with Crippen molar-refractivity contribution in [1.82, 2.24) is 9.97 Å². The Labute approximate surface area is 97.9 Å². The molecule has 4 heteroatoms. The van der Waals surface area contributed by atoms with Crippen LogP contribution in [0.4, 0.5) is 0 Å². The second kappa shape index (κ2) is 4.17. The number of rotatable bonds is 1. The van der Waals surface area contributed by atoms with Gasteiger partial charge in [-0.25, -0.2) is 9.97 Å². The van der Waals surface area contributed by atoms with Crippen LogP contribution in [0.1, 0.15) is 5.56 Å². The van der Waals surface area contributed by atoms with Gasteiger partial charge < -0.3 is 0 Å². The van der Waals surface area contributed by atoms with Crippen LogP contribution in [0.25, 0.3) is 11.3 Å². The lowest BCUT2D eigenvalue weighted by atomic mass is 10.1. The van der Waals surface area contributed by atoms with Gasteiger partial charge in [-0.15, -0.1) is 0 Å². The second-order valence-corrected chi connectivity index (χ2v) is 3.94. The van der Waals surface area contributed by atoms with E-state index in [1.807, 2.05) is 31.2 Å². The van der Waals surface area contributed by atoms with Crippen LogP contribution in [0, 0.1) is 6.92 Å². The molecule has 0 aliphatic carbocycles. The van der Waals surface area contributed by atoms with Crippen molar-refractivity contribution in [3.05, 3.63) is 46.3 Å². The van der Waals surface area contributed by atoms with Gasteiger partial charge in [0.1, 0.15) is 11.5 Å². The Balaban J connectivity index is 2.54. The van der Waals surface area contributed by atoms with Crippen molar-refractivity contribution in [1.29, 1.82) is 0 Å². The fourth-order valence-corrected chi connectivity index (χ4v) is 1.59. The van der Waals surface area contributed by atoms with Crippen molar-refractivity contribution >= 4 is 23.2 Å². The molecule has 2 nitrogen and oxygen atoms in total. The Hall–Kier alpha value is -1.12. The standard InChI is InChI=1S/C11H8Cl2N2/c1-7-10(14-6-15-11(7)13)8-2-4-9(12)5-3-8/h2-6H,1H3. The molecule has 0 spiro atoms. The van der Waals surface area contributed by atoms with Gasteiger partial charge >= 0.3 is 0 Å². The molecule has 2 rings (SSSR count). The molecule has 2 aromatic rings. The van der Waals surface area contributed by atoms with Crippen molar-refractivity contribution in [3.8, 4) is 11.3 Å². The summed E-state index contributed by atoms with van der Waals surface area (Å²) in [6.07, 6.45) is 1.46. The van der Waals surface area contributed by atoms with Crippen LogP contribution in [-0.2, 0) is 0 Å². The molecule has 0 bridgehead atoms. The number of nitrogens with zero attached hydrogens (tertiary/aromatic N) is 2. The van der Waals surface area contributed by atoms with E-state index in [9.17, 15) is 0 Å². The van der Waals surface area contributed by atoms with Crippen LogP contribution in [0.2, 0.25) is 10.2 Å². The summed E-state index contributed by atoms with van der Waals surface area (Å²) in [6.45, 7) is 1.90. The molecule has 76 valence electrons. The Morgan fingerprint density at radius 1 is 1.00 bits per heavy atom. The third kappa shape index (κ3) is 2.11. The quantitative estimate of drug-likeness (QED) is 0.708. The lowest BCUT2D eigenvalue weighted by Crippen LogP contribution is -1.91. The minimum Gasteiger partial charge on any atom is -0.236 e. The van der Waals surface area contributed by atoms with Gasteiger partial charge in [-0.2, -0.15) is 0 Å². The predicted molar refractivity (Wildman–Crippen MR) is 62.2 cm³/mol. The van der Waals surface area contributed by atoms with Gasteiger partial charge in [0.05, 0.1) is 5.69 Å². The SMILES string of the molecule is Cc1c(Cl)ncnc1-c1ccc(Cl)cc1. The summed E-state index contributed by atoms with van der Waals surface area (Å²) in [5, 5.41) is 1.19. The fourth-order valence-electron chi connectivity index (χ4n) is 1.33. The topological polar surface area (TPSA) is 25.8 Å². The van der Waals surface area contributed by atoms with E-state index in [1.165, 1.54) is 6.33 Å². The first-order chi connectivity index (χ1) is 7.18. The summed E-state index contributed by atoms with van der Waals surface area (Å²) in [6, 6.07) is 7.47. The van der Waals surface area contributed by atoms with Crippen LogP contribution in [-0.4, -0.2) is 9.97 Å². The summed E-state index contributed by atoms with van der Waals surface area (Å²) >= 11 is 11.7. The third-order valence-corrected chi connectivity index (χ3v) is 2.77. The largest absolute Gasteiger partial charge is 0.236 e. The highest BCUT2D eigenvalue weighted by molar-refractivity contribution is 6.31. The van der Waals surface area contributed by atoms with E-state index in [4.69, 9.17) is 23.2 Å². The first kappa shape index (κ1) is 10.4. The molecule has 1 aromatic carbocycles. The molecule has 0 unspecified atom stereocenters. The maximum absolute atomic E-state index is 5.92. The van der Waals surface area contributed by atoms with Gasteiger partial charge in [-0.1, -0.05) is 35.3 Å². The molecule has 0 radical (unpaired) electrons. The molecule has 15 heavy (non-hydrogen) atoms. The number of hydrogen-bond donors (Lipinski definition) is 0. The van der Waals surface area contributed by atoms with Gasteiger partial charge in [0.15, 0.2) is 0 Å². The zero-order chi connectivity index (χ0) is 10.8. The number of hydrogen-bond acceptors (Lipinski definition) is 2. The normalized spacial score (nSPS) is 10.3. The second-order valence-electron chi connectivity index (χ2n) is 3.14. The maximum Gasteiger partial charge on any atom is 0.135 e. The fraction of sp³-hybridized carbons (Fsp3) is 0.0909. The van der Waals surface area contributed by atoms with Crippen molar-refractivity contribution in [2.45, 2.75) is 6.92 Å². The predicted octanol–water partition coefficient (Wildman–Crippen LogP) is 3.76. The van der Waals surface area contributed by atoms with Crippen LogP contribution in [0.5, 0.6) is 0 Å². The van der Waals surface area contributed by atoms with Crippen LogP contribution < -0.4 is 0 Å². The summed E-state index contributed by atoms with van der Waals surface area (Å²) in [5.41, 5.74) is 2.70. The highest BCUT2D eigenvalue weighted by Crippen LogP contribution is 2.25. The van der Waals surface area contributed by atoms with E-state index < -0.39 is 0 Å². The highest BCUT2D eigenvalue weighted by atomic mass is 35.5. The first-order valence-corrected chi connectivity index (χ1v) is 5.17. The van der Waals surface area contributed by atoms with E-state index in [-0.39, 0.29) is 0 Å². The molecule has 0 saturated carbocycles. The van der Waals surface area contributed by atoms with Crippen LogP contribution in [0.15, 0.2) is 30.6 Å². The Morgan fingerprint density at radius 3 is 2.33 bits per heavy atom. The molecule has 0 N–H and O–H groups in total. The molecule has 0 aliphatic heterocycles. The van der Waals surface area contributed by atoms with Gasteiger partial charge in [-0.05, 0) is 19.1 Å². The Kier molecular flexibility index (Phi) is 2.89. The maximum atomic E-state index is 5.92. The Morgan fingerprint density at radius 2 is 1.67 bits per heavy atom. The van der Waals surface area contributed by atoms with Crippen molar-refractivity contribution in [3.63, 3.8) is 0 Å². The number of aromatic nitrogens is 2. The molecule has 0 atom stereocenters. The lowest BCUT2D eigenvalue weighted by Gasteiger charge is -2.05. The zero-order valence-electron chi connectivity index (χ0n) is 8.04. The number of benzene rings is 1. The van der Waals surface area contributed by atoms with Gasteiger partial charge in [0.2, 0.25) is 0 Å². The minimum atomic E-state index is 0.481. The van der Waals surface area contributed by atoms with Crippen molar-refractivity contribution < 1.29 is 0 Å². The smallest absolute Gasteiger partial charge is 0.135 e. The molecule has 0 fully saturated rings. The molecule has 1 aromatic heterocycles. The van der Waals surface area contributed by atoms with E-state index in [2.05, 4.69) is 9.97 Å². The van der Waals surface area contributed by atoms with Gasteiger partial charge in [0.25, 0.3) is 0 Å². The summed E-state index contributed by atoms with van der Waals surface area (Å²) < 4.78 is 0. The minimum absolute atomic E-state index is 0.481. The monoisotopic (exact) mass is 238 g/mol. The first-order valence-electron chi connectivity index (χ1n) is 4.41. The molecule has 0 saturated heterocycles. The molecular formula is C11H8Cl2N2. The third-order valence-electron chi connectivity index (χ3n) is 2.14. The van der Waals surface area contributed by atoms with Gasteiger partial charge in [0, 0.05) is 16.1 Å². The average molecular weight is 239 g/mol.